The van der Waals surface area contributed by atoms with E-state index in [-0.39, 0.29) is 5.91 Å². The van der Waals surface area contributed by atoms with Crippen molar-refractivity contribution < 1.29 is 4.79 Å². The first kappa shape index (κ1) is 15.4. The average Bonchev–Trinajstić information content (AvgIpc) is 3.25. The van der Waals surface area contributed by atoms with E-state index in [4.69, 9.17) is 0 Å². The fourth-order valence-corrected chi connectivity index (χ4v) is 4.59. The van der Waals surface area contributed by atoms with Crippen LogP contribution in [-0.4, -0.2) is 22.6 Å². The van der Waals surface area contributed by atoms with Crippen molar-refractivity contribution in [2.75, 3.05) is 11.4 Å². The lowest BCUT2D eigenvalue weighted by Crippen LogP contribution is -2.42. The van der Waals surface area contributed by atoms with Gasteiger partial charge in [-0.05, 0) is 43.2 Å². The van der Waals surface area contributed by atoms with Crippen molar-refractivity contribution >= 4 is 11.6 Å². The summed E-state index contributed by atoms with van der Waals surface area (Å²) >= 11 is 0. The summed E-state index contributed by atoms with van der Waals surface area (Å²) in [7, 11) is 0. The summed E-state index contributed by atoms with van der Waals surface area (Å²) in [6.45, 7) is 5.14. The minimum atomic E-state index is 0.0538. The minimum absolute atomic E-state index is 0.0538. The van der Waals surface area contributed by atoms with Gasteiger partial charge in [-0.3, -0.25) is 9.89 Å². The van der Waals surface area contributed by atoms with Gasteiger partial charge in [-0.1, -0.05) is 38.0 Å². The molecule has 1 N–H and O–H groups in total. The molecular weight excluding hydrogens is 298 g/mol. The second-order valence-corrected chi connectivity index (χ2v) is 7.36. The number of aromatic nitrogens is 2. The Hall–Kier alpha value is -2.10. The number of carbonyl (C=O) groups is 1. The number of carbonyl (C=O) groups excluding carboxylic acids is 1. The van der Waals surface area contributed by atoms with Gasteiger partial charge in [-0.15, -0.1) is 0 Å². The number of nitrogens with zero attached hydrogens (tertiary/aromatic N) is 2. The molecule has 1 aromatic carbocycles. The Labute approximate surface area is 143 Å². The lowest BCUT2D eigenvalue weighted by molar-refractivity contribution is 0.0967. The number of amides is 1. The first-order valence-electron chi connectivity index (χ1n) is 9.09. The Morgan fingerprint density at radius 3 is 2.88 bits per heavy atom. The van der Waals surface area contributed by atoms with Crippen LogP contribution in [0.4, 0.5) is 5.69 Å². The number of benzene rings is 1. The number of aromatic amines is 1. The largest absolute Gasteiger partial charge is 0.306 e. The molecule has 0 saturated heterocycles. The molecule has 2 aliphatic rings. The van der Waals surface area contributed by atoms with Crippen LogP contribution >= 0.6 is 0 Å². The molecule has 4 rings (SSSR count). The van der Waals surface area contributed by atoms with Crippen molar-refractivity contribution in [2.24, 2.45) is 11.8 Å². The van der Waals surface area contributed by atoms with Gasteiger partial charge < -0.3 is 4.90 Å². The number of aryl methyl sites for hydroxylation is 1. The van der Waals surface area contributed by atoms with E-state index in [1.807, 2.05) is 23.2 Å². The van der Waals surface area contributed by atoms with Crippen LogP contribution in [-0.2, 0) is 0 Å². The van der Waals surface area contributed by atoms with Crippen molar-refractivity contribution in [1.29, 1.82) is 0 Å². The van der Waals surface area contributed by atoms with Gasteiger partial charge in [0.1, 0.15) is 5.69 Å². The number of hydrogen-bond acceptors (Lipinski definition) is 2. The lowest BCUT2D eigenvalue weighted by atomic mass is 9.81. The SMILES string of the molecule is CCC1CCC(C2CN(c3ccccc3C)C(=O)c3[nH]ncc32)C1. The van der Waals surface area contributed by atoms with E-state index >= 15 is 0 Å². The number of fused-ring (bicyclic) bond motifs is 1. The van der Waals surface area contributed by atoms with E-state index < -0.39 is 0 Å². The number of anilines is 1. The van der Waals surface area contributed by atoms with E-state index in [0.717, 1.165) is 29.3 Å². The Morgan fingerprint density at radius 1 is 1.29 bits per heavy atom. The molecule has 1 aromatic heterocycles. The van der Waals surface area contributed by atoms with Crippen molar-refractivity contribution in [1.82, 2.24) is 10.2 Å². The maximum absolute atomic E-state index is 13.0. The van der Waals surface area contributed by atoms with Crippen molar-refractivity contribution in [2.45, 2.75) is 45.4 Å². The summed E-state index contributed by atoms with van der Waals surface area (Å²) in [5, 5.41) is 7.16. The van der Waals surface area contributed by atoms with Gasteiger partial charge in [0.05, 0.1) is 6.20 Å². The highest BCUT2D eigenvalue weighted by Crippen LogP contribution is 2.45. The second kappa shape index (κ2) is 6.08. The molecule has 1 fully saturated rings. The fourth-order valence-electron chi connectivity index (χ4n) is 4.59. The van der Waals surface area contributed by atoms with Crippen LogP contribution in [0.1, 0.15) is 60.1 Å². The first-order valence-corrected chi connectivity index (χ1v) is 9.09. The molecule has 3 unspecified atom stereocenters. The summed E-state index contributed by atoms with van der Waals surface area (Å²) in [5.41, 5.74) is 3.99. The molecule has 1 aliphatic carbocycles. The smallest absolute Gasteiger partial charge is 0.276 e. The number of H-pyrrole nitrogens is 1. The fraction of sp³-hybridized carbons (Fsp3) is 0.500. The number of rotatable bonds is 3. The third-order valence-electron chi connectivity index (χ3n) is 6.04. The monoisotopic (exact) mass is 323 g/mol. The predicted octanol–water partition coefficient (Wildman–Crippen LogP) is 4.29. The highest BCUT2D eigenvalue weighted by Gasteiger charge is 2.40. The van der Waals surface area contributed by atoms with Crippen molar-refractivity contribution in [3.63, 3.8) is 0 Å². The Bertz CT molecular complexity index is 751. The molecule has 0 radical (unpaired) electrons. The maximum Gasteiger partial charge on any atom is 0.276 e. The van der Waals surface area contributed by atoms with Crippen molar-refractivity contribution in [3.8, 4) is 0 Å². The topological polar surface area (TPSA) is 49.0 Å². The van der Waals surface area contributed by atoms with E-state index in [1.54, 1.807) is 0 Å². The molecule has 1 aliphatic heterocycles. The number of nitrogens with one attached hydrogen (secondary N) is 1. The van der Waals surface area contributed by atoms with Gasteiger partial charge in [0.25, 0.3) is 5.91 Å². The van der Waals surface area contributed by atoms with Gasteiger partial charge in [0.15, 0.2) is 0 Å². The summed E-state index contributed by atoms with van der Waals surface area (Å²) in [6, 6.07) is 8.16. The van der Waals surface area contributed by atoms with Crippen LogP contribution in [0.2, 0.25) is 0 Å². The molecule has 1 amide bonds. The van der Waals surface area contributed by atoms with Gasteiger partial charge in [0, 0.05) is 23.7 Å². The molecule has 0 bridgehead atoms. The zero-order chi connectivity index (χ0) is 16.7. The Morgan fingerprint density at radius 2 is 2.12 bits per heavy atom. The van der Waals surface area contributed by atoms with Gasteiger partial charge in [0.2, 0.25) is 0 Å². The van der Waals surface area contributed by atoms with Crippen LogP contribution in [0.15, 0.2) is 30.5 Å². The van der Waals surface area contributed by atoms with Crippen LogP contribution in [0, 0.1) is 18.8 Å². The van der Waals surface area contributed by atoms with E-state index in [1.165, 1.54) is 25.7 Å². The molecular formula is C20H25N3O. The highest BCUT2D eigenvalue weighted by atomic mass is 16.2. The van der Waals surface area contributed by atoms with Gasteiger partial charge in [-0.25, -0.2) is 0 Å². The lowest BCUT2D eigenvalue weighted by Gasteiger charge is -2.36. The van der Waals surface area contributed by atoms with Crippen molar-refractivity contribution in [3.05, 3.63) is 47.3 Å². The van der Waals surface area contributed by atoms with E-state index in [0.29, 0.717) is 17.5 Å². The predicted molar refractivity (Wildman–Crippen MR) is 95.3 cm³/mol. The summed E-state index contributed by atoms with van der Waals surface area (Å²) in [6.07, 6.45) is 7.02. The van der Waals surface area contributed by atoms with Gasteiger partial charge >= 0.3 is 0 Å². The second-order valence-electron chi connectivity index (χ2n) is 7.36. The molecule has 4 nitrogen and oxygen atoms in total. The molecule has 0 spiro atoms. The molecule has 2 aromatic rings. The molecule has 1 saturated carbocycles. The zero-order valence-corrected chi connectivity index (χ0v) is 14.5. The van der Waals surface area contributed by atoms with Crippen LogP contribution < -0.4 is 4.90 Å². The highest BCUT2D eigenvalue weighted by molar-refractivity contribution is 6.07. The molecule has 3 atom stereocenters. The molecule has 24 heavy (non-hydrogen) atoms. The minimum Gasteiger partial charge on any atom is -0.306 e. The Kier molecular flexibility index (Phi) is 3.91. The quantitative estimate of drug-likeness (QED) is 0.916. The zero-order valence-electron chi connectivity index (χ0n) is 14.5. The standard InChI is InChI=1S/C20H25N3O/c1-3-14-8-9-15(10-14)17-12-23(18-7-5-4-6-13(18)2)20(24)19-16(17)11-21-22-19/h4-7,11,14-15,17H,3,8-10,12H2,1-2H3,(H,21,22). The average molecular weight is 323 g/mol. The first-order chi connectivity index (χ1) is 11.7. The maximum atomic E-state index is 13.0. The van der Waals surface area contributed by atoms with Crippen LogP contribution in [0.3, 0.4) is 0 Å². The summed E-state index contributed by atoms with van der Waals surface area (Å²) in [5.74, 6) is 1.95. The summed E-state index contributed by atoms with van der Waals surface area (Å²) in [4.78, 5) is 14.9. The normalized spacial score (nSPS) is 26.7. The van der Waals surface area contributed by atoms with Crippen LogP contribution in [0.5, 0.6) is 0 Å². The van der Waals surface area contributed by atoms with Crippen LogP contribution in [0.25, 0.3) is 0 Å². The molecule has 126 valence electrons. The van der Waals surface area contributed by atoms with Gasteiger partial charge in [-0.2, -0.15) is 5.10 Å². The Balaban J connectivity index is 1.70. The number of para-hydroxylation sites is 1. The third kappa shape index (κ3) is 2.45. The van der Waals surface area contributed by atoms with E-state index in [2.05, 4.69) is 36.2 Å². The number of hydrogen-bond donors (Lipinski definition) is 1. The molecule has 2 heterocycles. The van der Waals surface area contributed by atoms with E-state index in [9.17, 15) is 4.79 Å². The summed E-state index contributed by atoms with van der Waals surface area (Å²) < 4.78 is 0. The molecule has 4 heteroatoms. The third-order valence-corrected chi connectivity index (χ3v) is 6.04.